The van der Waals surface area contributed by atoms with Gasteiger partial charge in [0.25, 0.3) is 5.91 Å². The molecular weight excluding hydrogens is 539 g/mol. The Morgan fingerprint density at radius 1 is 1.16 bits per heavy atom. The number of carbonyl (C=O) groups is 2. The van der Waals surface area contributed by atoms with Crippen LogP contribution in [0, 0.1) is 3.57 Å². The number of carbonyl (C=O) groups excluding carboxylic acids is 1. The van der Waals surface area contributed by atoms with Crippen LogP contribution in [0.3, 0.4) is 0 Å². The summed E-state index contributed by atoms with van der Waals surface area (Å²) in [5.74, 6) is -1.12. The second-order valence-corrected chi connectivity index (χ2v) is 9.43. The van der Waals surface area contributed by atoms with E-state index >= 15 is 0 Å². The SMILES string of the molecule is CC(NC(=O)c1cccc2c1N(Cc1ccc(I)c(Cl)c1)CC2)c1ccc(C(=O)O)cc1. The van der Waals surface area contributed by atoms with E-state index < -0.39 is 5.97 Å². The van der Waals surface area contributed by atoms with E-state index in [0.29, 0.717) is 12.1 Å². The Labute approximate surface area is 205 Å². The maximum atomic E-state index is 13.2. The monoisotopic (exact) mass is 560 g/mol. The van der Waals surface area contributed by atoms with Crippen LogP contribution in [0.25, 0.3) is 0 Å². The predicted molar refractivity (Wildman–Crippen MR) is 135 cm³/mol. The molecule has 32 heavy (non-hydrogen) atoms. The molecular formula is C25H22ClIN2O3. The number of para-hydroxylation sites is 1. The zero-order chi connectivity index (χ0) is 22.8. The minimum atomic E-state index is -0.970. The maximum absolute atomic E-state index is 13.2. The number of rotatable bonds is 6. The standard InChI is InChI=1S/C25H22ClIN2O3/c1-15(17-6-8-19(9-7-17)25(31)32)28-24(30)20-4-2-3-18-11-12-29(23(18)20)14-16-5-10-22(27)21(26)13-16/h2-10,13,15H,11-12,14H2,1H3,(H,28,30)(H,31,32). The second kappa shape index (κ2) is 9.50. The van der Waals surface area contributed by atoms with Crippen molar-refractivity contribution in [2.24, 2.45) is 0 Å². The van der Waals surface area contributed by atoms with Gasteiger partial charge in [-0.05, 0) is 83.0 Å². The van der Waals surface area contributed by atoms with E-state index in [2.05, 4.69) is 44.9 Å². The van der Waals surface area contributed by atoms with E-state index in [4.69, 9.17) is 16.7 Å². The number of anilines is 1. The van der Waals surface area contributed by atoms with Gasteiger partial charge >= 0.3 is 5.97 Å². The van der Waals surface area contributed by atoms with Gasteiger partial charge in [-0.2, -0.15) is 0 Å². The third-order valence-electron chi connectivity index (χ3n) is 5.69. The lowest BCUT2D eigenvalue weighted by Crippen LogP contribution is -2.29. The lowest BCUT2D eigenvalue weighted by atomic mass is 10.0. The summed E-state index contributed by atoms with van der Waals surface area (Å²) in [6.45, 7) is 3.41. The topological polar surface area (TPSA) is 69.6 Å². The van der Waals surface area contributed by atoms with Crippen LogP contribution in [-0.2, 0) is 13.0 Å². The molecule has 0 radical (unpaired) electrons. The van der Waals surface area contributed by atoms with Crippen molar-refractivity contribution in [1.29, 1.82) is 0 Å². The molecule has 1 atom stereocenters. The van der Waals surface area contributed by atoms with Crippen LogP contribution in [0.1, 0.15) is 50.4 Å². The van der Waals surface area contributed by atoms with E-state index in [9.17, 15) is 9.59 Å². The summed E-state index contributed by atoms with van der Waals surface area (Å²) in [5, 5.41) is 12.9. The van der Waals surface area contributed by atoms with Crippen molar-refractivity contribution in [3.8, 4) is 0 Å². The van der Waals surface area contributed by atoms with E-state index in [1.54, 1.807) is 24.3 Å². The molecule has 1 heterocycles. The number of halogens is 2. The van der Waals surface area contributed by atoms with Gasteiger partial charge in [-0.1, -0.05) is 41.9 Å². The number of aromatic carboxylic acids is 1. The Morgan fingerprint density at radius 3 is 2.59 bits per heavy atom. The number of carboxylic acids is 1. The number of hydrogen-bond acceptors (Lipinski definition) is 3. The van der Waals surface area contributed by atoms with Crippen LogP contribution in [0.5, 0.6) is 0 Å². The van der Waals surface area contributed by atoms with E-state index in [1.165, 1.54) is 0 Å². The minimum Gasteiger partial charge on any atom is -0.478 e. The second-order valence-electron chi connectivity index (χ2n) is 7.86. The molecule has 7 heteroatoms. The molecule has 0 bridgehead atoms. The van der Waals surface area contributed by atoms with Gasteiger partial charge in [0.05, 0.1) is 27.9 Å². The van der Waals surface area contributed by atoms with Gasteiger partial charge in [0, 0.05) is 16.7 Å². The normalized spacial score (nSPS) is 13.5. The summed E-state index contributed by atoms with van der Waals surface area (Å²) < 4.78 is 1.01. The number of carboxylic acid groups (broad SMARTS) is 1. The molecule has 1 amide bonds. The molecule has 0 saturated carbocycles. The molecule has 1 aliphatic heterocycles. The molecule has 1 unspecified atom stereocenters. The van der Waals surface area contributed by atoms with Gasteiger partial charge in [0.2, 0.25) is 0 Å². The summed E-state index contributed by atoms with van der Waals surface area (Å²) >= 11 is 8.51. The minimum absolute atomic E-state index is 0.149. The highest BCUT2D eigenvalue weighted by molar-refractivity contribution is 14.1. The molecule has 164 valence electrons. The van der Waals surface area contributed by atoms with Crippen LogP contribution in [0.15, 0.2) is 60.7 Å². The molecule has 0 aromatic heterocycles. The van der Waals surface area contributed by atoms with Crippen molar-refractivity contribution in [2.75, 3.05) is 11.4 Å². The Kier molecular flexibility index (Phi) is 6.71. The van der Waals surface area contributed by atoms with Crippen LogP contribution in [-0.4, -0.2) is 23.5 Å². The molecule has 2 N–H and O–H groups in total. The lowest BCUT2D eigenvalue weighted by Gasteiger charge is -2.23. The van der Waals surface area contributed by atoms with E-state index in [1.807, 2.05) is 31.2 Å². The first-order valence-corrected chi connectivity index (χ1v) is 11.7. The zero-order valence-electron chi connectivity index (χ0n) is 17.4. The van der Waals surface area contributed by atoms with Gasteiger partial charge in [-0.3, -0.25) is 4.79 Å². The number of hydrogen-bond donors (Lipinski definition) is 2. The highest BCUT2D eigenvalue weighted by Gasteiger charge is 2.26. The number of nitrogens with one attached hydrogen (secondary N) is 1. The molecule has 3 aromatic carbocycles. The van der Waals surface area contributed by atoms with Crippen LogP contribution < -0.4 is 10.2 Å². The van der Waals surface area contributed by atoms with E-state index in [0.717, 1.165) is 43.9 Å². The first-order chi connectivity index (χ1) is 15.3. The highest BCUT2D eigenvalue weighted by atomic mass is 127. The number of amides is 1. The summed E-state index contributed by atoms with van der Waals surface area (Å²) in [6, 6.07) is 18.2. The van der Waals surface area contributed by atoms with Crippen LogP contribution >= 0.6 is 34.2 Å². The predicted octanol–water partition coefficient (Wildman–Crippen LogP) is 5.70. The van der Waals surface area contributed by atoms with Crippen molar-refractivity contribution in [1.82, 2.24) is 5.32 Å². The number of nitrogens with zero attached hydrogens (tertiary/aromatic N) is 1. The Bertz CT molecular complexity index is 1180. The first kappa shape index (κ1) is 22.6. The summed E-state index contributed by atoms with van der Waals surface area (Å²) in [4.78, 5) is 26.5. The molecule has 1 aliphatic rings. The first-order valence-electron chi connectivity index (χ1n) is 10.3. The molecule has 0 fully saturated rings. The largest absolute Gasteiger partial charge is 0.478 e. The molecule has 0 saturated heterocycles. The van der Waals surface area contributed by atoms with Gasteiger partial charge in [-0.25, -0.2) is 4.79 Å². The highest BCUT2D eigenvalue weighted by Crippen LogP contribution is 2.34. The zero-order valence-corrected chi connectivity index (χ0v) is 20.4. The van der Waals surface area contributed by atoms with Crippen LogP contribution in [0.2, 0.25) is 5.02 Å². The molecule has 0 spiro atoms. The fourth-order valence-corrected chi connectivity index (χ4v) is 4.54. The Morgan fingerprint density at radius 2 is 1.91 bits per heavy atom. The van der Waals surface area contributed by atoms with Crippen molar-refractivity contribution >= 4 is 51.8 Å². The molecule has 3 aromatic rings. The van der Waals surface area contributed by atoms with Gasteiger partial charge in [0.1, 0.15) is 0 Å². The van der Waals surface area contributed by atoms with Gasteiger partial charge < -0.3 is 15.3 Å². The van der Waals surface area contributed by atoms with Gasteiger partial charge in [0.15, 0.2) is 0 Å². The fourth-order valence-electron chi connectivity index (χ4n) is 4.01. The van der Waals surface area contributed by atoms with E-state index in [-0.39, 0.29) is 17.5 Å². The quantitative estimate of drug-likeness (QED) is 0.380. The Hall–Kier alpha value is -2.58. The van der Waals surface area contributed by atoms with Crippen molar-refractivity contribution in [3.05, 3.63) is 97.1 Å². The average molecular weight is 561 g/mol. The smallest absolute Gasteiger partial charge is 0.335 e. The van der Waals surface area contributed by atoms with Gasteiger partial charge in [-0.15, -0.1) is 0 Å². The van der Waals surface area contributed by atoms with Crippen molar-refractivity contribution in [3.63, 3.8) is 0 Å². The average Bonchev–Trinajstić information content (AvgIpc) is 3.19. The maximum Gasteiger partial charge on any atom is 0.335 e. The summed E-state index contributed by atoms with van der Waals surface area (Å²) in [6.07, 6.45) is 0.890. The molecule has 4 rings (SSSR count). The lowest BCUT2D eigenvalue weighted by molar-refractivity contribution is 0.0696. The number of fused-ring (bicyclic) bond motifs is 1. The van der Waals surface area contributed by atoms with Crippen LogP contribution in [0.4, 0.5) is 5.69 Å². The molecule has 0 aliphatic carbocycles. The van der Waals surface area contributed by atoms with Crippen molar-refractivity contribution in [2.45, 2.75) is 25.9 Å². The Balaban J connectivity index is 1.54. The fraction of sp³-hybridized carbons (Fsp3) is 0.200. The third kappa shape index (κ3) is 4.76. The third-order valence-corrected chi connectivity index (χ3v) is 7.27. The summed E-state index contributed by atoms with van der Waals surface area (Å²) in [7, 11) is 0. The molecule has 5 nitrogen and oxygen atoms in total. The van der Waals surface area contributed by atoms with Crippen molar-refractivity contribution < 1.29 is 14.7 Å². The number of benzene rings is 3. The summed E-state index contributed by atoms with van der Waals surface area (Å²) in [5.41, 5.74) is 4.94.